The molecule has 1 atom stereocenters. The van der Waals surface area contributed by atoms with E-state index in [1.807, 2.05) is 0 Å². The van der Waals surface area contributed by atoms with Gasteiger partial charge in [0.1, 0.15) is 5.75 Å². The van der Waals surface area contributed by atoms with Gasteiger partial charge in [-0.1, -0.05) is 19.9 Å². The predicted octanol–water partition coefficient (Wildman–Crippen LogP) is 3.43. The highest BCUT2D eigenvalue weighted by atomic mass is 16.5. The quantitative estimate of drug-likeness (QED) is 0.866. The summed E-state index contributed by atoms with van der Waals surface area (Å²) >= 11 is 0. The van der Waals surface area contributed by atoms with Crippen LogP contribution in [0.25, 0.3) is 0 Å². The molecule has 1 aromatic carbocycles. The van der Waals surface area contributed by atoms with Crippen LogP contribution in [0.4, 0.5) is 0 Å². The molecule has 0 aliphatic rings. The fourth-order valence-electron chi connectivity index (χ4n) is 3.10. The lowest BCUT2D eigenvalue weighted by atomic mass is 9.84. The molecule has 0 saturated heterocycles. The Morgan fingerprint density at radius 1 is 1.20 bits per heavy atom. The minimum atomic E-state index is -0.114. The van der Waals surface area contributed by atoms with E-state index in [4.69, 9.17) is 10.5 Å². The van der Waals surface area contributed by atoms with Crippen LogP contribution in [-0.2, 0) is 0 Å². The summed E-state index contributed by atoms with van der Waals surface area (Å²) in [6.07, 6.45) is 0. The molecule has 3 nitrogen and oxygen atoms in total. The predicted molar refractivity (Wildman–Crippen MR) is 86.4 cm³/mol. The van der Waals surface area contributed by atoms with Crippen molar-refractivity contribution in [2.45, 2.75) is 53.1 Å². The van der Waals surface area contributed by atoms with E-state index in [0.29, 0.717) is 0 Å². The number of likely N-dealkylation sites (N-methyl/N-ethyl adjacent to an activating group) is 1. The van der Waals surface area contributed by atoms with Crippen LogP contribution in [0.3, 0.4) is 0 Å². The average molecular weight is 278 g/mol. The smallest absolute Gasteiger partial charge is 0.124 e. The number of rotatable bonds is 6. The van der Waals surface area contributed by atoms with Crippen molar-refractivity contribution in [3.05, 3.63) is 28.8 Å². The molecule has 0 aromatic heterocycles. The third kappa shape index (κ3) is 3.15. The van der Waals surface area contributed by atoms with E-state index in [9.17, 15) is 0 Å². The zero-order chi connectivity index (χ0) is 15.5. The summed E-state index contributed by atoms with van der Waals surface area (Å²) in [5.41, 5.74) is 10.0. The maximum absolute atomic E-state index is 6.63. The molecule has 2 N–H and O–H groups in total. The molecule has 0 heterocycles. The number of hydrogen-bond donors (Lipinski definition) is 1. The van der Waals surface area contributed by atoms with Crippen molar-refractivity contribution in [2.75, 3.05) is 20.2 Å². The Morgan fingerprint density at radius 3 is 2.20 bits per heavy atom. The molecule has 0 radical (unpaired) electrons. The number of nitrogens with zero attached hydrogens (tertiary/aromatic N) is 1. The summed E-state index contributed by atoms with van der Waals surface area (Å²) in [6.45, 7) is 15.0. The molecule has 0 bridgehead atoms. The van der Waals surface area contributed by atoms with Crippen molar-refractivity contribution in [3.63, 3.8) is 0 Å². The first kappa shape index (κ1) is 17.0. The van der Waals surface area contributed by atoms with Gasteiger partial charge in [-0.05, 0) is 58.0 Å². The van der Waals surface area contributed by atoms with Gasteiger partial charge in [0, 0.05) is 11.1 Å². The molecule has 0 saturated carbocycles. The molecule has 0 fully saturated rings. The number of ether oxygens (including phenoxy) is 1. The number of aryl methyl sites for hydroxylation is 2. The van der Waals surface area contributed by atoms with Gasteiger partial charge in [-0.2, -0.15) is 0 Å². The molecular formula is C17H30N2O. The van der Waals surface area contributed by atoms with E-state index in [1.165, 1.54) is 11.1 Å². The van der Waals surface area contributed by atoms with Crippen LogP contribution >= 0.6 is 0 Å². The SMILES string of the molecule is CCN(CC)C(C)(C)C(N)c1c(C)cc(C)cc1OC. The lowest BCUT2D eigenvalue weighted by Crippen LogP contribution is -2.51. The highest BCUT2D eigenvalue weighted by Gasteiger charge is 2.34. The van der Waals surface area contributed by atoms with Gasteiger partial charge in [0.05, 0.1) is 13.2 Å². The van der Waals surface area contributed by atoms with Gasteiger partial charge in [-0.25, -0.2) is 0 Å². The van der Waals surface area contributed by atoms with Crippen LogP contribution in [0.15, 0.2) is 12.1 Å². The second kappa shape index (κ2) is 6.59. The fourth-order valence-corrected chi connectivity index (χ4v) is 3.10. The molecule has 1 rings (SSSR count). The van der Waals surface area contributed by atoms with E-state index >= 15 is 0 Å². The Balaban J connectivity index is 3.30. The molecule has 0 amide bonds. The lowest BCUT2D eigenvalue weighted by Gasteiger charge is -2.42. The van der Waals surface area contributed by atoms with Crippen LogP contribution in [0.5, 0.6) is 5.75 Å². The van der Waals surface area contributed by atoms with Crippen LogP contribution < -0.4 is 10.5 Å². The Kier molecular flexibility index (Phi) is 5.60. The van der Waals surface area contributed by atoms with Gasteiger partial charge in [0.25, 0.3) is 0 Å². The van der Waals surface area contributed by atoms with E-state index in [0.717, 1.165) is 24.4 Å². The first-order chi connectivity index (χ1) is 9.29. The number of nitrogens with two attached hydrogens (primary N) is 1. The molecule has 0 spiro atoms. The van der Waals surface area contributed by atoms with Gasteiger partial charge in [-0.15, -0.1) is 0 Å². The highest BCUT2D eigenvalue weighted by molar-refractivity contribution is 5.46. The van der Waals surface area contributed by atoms with E-state index in [1.54, 1.807) is 7.11 Å². The highest BCUT2D eigenvalue weighted by Crippen LogP contribution is 2.36. The third-order valence-electron chi connectivity index (χ3n) is 4.36. The van der Waals surface area contributed by atoms with Crippen molar-refractivity contribution in [1.29, 1.82) is 0 Å². The maximum atomic E-state index is 6.63. The molecule has 1 aromatic rings. The molecule has 20 heavy (non-hydrogen) atoms. The Labute approximate surface area is 124 Å². The molecule has 0 aliphatic carbocycles. The van der Waals surface area contributed by atoms with Gasteiger partial charge in [0.2, 0.25) is 0 Å². The average Bonchev–Trinajstić information content (AvgIpc) is 2.38. The summed E-state index contributed by atoms with van der Waals surface area (Å²) in [4.78, 5) is 2.40. The van der Waals surface area contributed by atoms with Gasteiger partial charge in [0.15, 0.2) is 0 Å². The van der Waals surface area contributed by atoms with Gasteiger partial charge >= 0.3 is 0 Å². The lowest BCUT2D eigenvalue weighted by molar-refractivity contribution is 0.105. The number of hydrogen-bond acceptors (Lipinski definition) is 3. The standard InChI is InChI=1S/C17H30N2O/c1-8-19(9-2)17(5,6)16(18)15-13(4)10-12(3)11-14(15)20-7/h10-11,16H,8-9,18H2,1-7H3. The maximum Gasteiger partial charge on any atom is 0.124 e. The summed E-state index contributed by atoms with van der Waals surface area (Å²) in [5, 5.41) is 0. The Morgan fingerprint density at radius 2 is 1.75 bits per heavy atom. The van der Waals surface area contributed by atoms with Gasteiger partial charge in [-0.3, -0.25) is 4.90 Å². The third-order valence-corrected chi connectivity index (χ3v) is 4.36. The molecule has 114 valence electrons. The summed E-state index contributed by atoms with van der Waals surface area (Å²) in [5.74, 6) is 0.898. The number of benzene rings is 1. The van der Waals surface area contributed by atoms with Gasteiger partial charge < -0.3 is 10.5 Å². The van der Waals surface area contributed by atoms with Crippen LogP contribution in [0, 0.1) is 13.8 Å². The van der Waals surface area contributed by atoms with Crippen LogP contribution in [0.2, 0.25) is 0 Å². The molecule has 3 heteroatoms. The normalized spacial score (nSPS) is 13.7. The van der Waals surface area contributed by atoms with E-state index in [2.05, 4.69) is 58.6 Å². The summed E-state index contributed by atoms with van der Waals surface area (Å²) in [7, 11) is 1.72. The largest absolute Gasteiger partial charge is 0.496 e. The van der Waals surface area contributed by atoms with E-state index < -0.39 is 0 Å². The Hall–Kier alpha value is -1.06. The minimum absolute atomic E-state index is 0.0852. The number of methoxy groups -OCH3 is 1. The van der Waals surface area contributed by atoms with Crippen molar-refractivity contribution in [2.24, 2.45) is 5.73 Å². The van der Waals surface area contributed by atoms with Crippen LogP contribution in [-0.4, -0.2) is 30.6 Å². The second-order valence-electron chi connectivity index (χ2n) is 6.00. The fraction of sp³-hybridized carbons (Fsp3) is 0.647. The van der Waals surface area contributed by atoms with Crippen molar-refractivity contribution in [1.82, 2.24) is 4.90 Å². The summed E-state index contributed by atoms with van der Waals surface area (Å²) in [6, 6.07) is 4.16. The van der Waals surface area contributed by atoms with Crippen molar-refractivity contribution >= 4 is 0 Å². The minimum Gasteiger partial charge on any atom is -0.496 e. The van der Waals surface area contributed by atoms with E-state index in [-0.39, 0.29) is 11.6 Å². The van der Waals surface area contributed by atoms with Crippen molar-refractivity contribution in [3.8, 4) is 5.75 Å². The molecule has 0 aliphatic heterocycles. The van der Waals surface area contributed by atoms with Crippen LogP contribution in [0.1, 0.15) is 50.4 Å². The first-order valence-corrected chi connectivity index (χ1v) is 7.45. The summed E-state index contributed by atoms with van der Waals surface area (Å²) < 4.78 is 5.57. The topological polar surface area (TPSA) is 38.5 Å². The molecule has 1 unspecified atom stereocenters. The second-order valence-corrected chi connectivity index (χ2v) is 6.00. The first-order valence-electron chi connectivity index (χ1n) is 7.45. The zero-order valence-corrected chi connectivity index (χ0v) is 14.1. The molecular weight excluding hydrogens is 248 g/mol. The van der Waals surface area contributed by atoms with Crippen molar-refractivity contribution < 1.29 is 4.74 Å². The Bertz CT molecular complexity index is 451. The monoisotopic (exact) mass is 278 g/mol. The zero-order valence-electron chi connectivity index (χ0n) is 14.1.